The van der Waals surface area contributed by atoms with E-state index in [-0.39, 0.29) is 22.8 Å². The molecule has 0 spiro atoms. The molecule has 0 aromatic rings. The van der Waals surface area contributed by atoms with Crippen molar-refractivity contribution >= 4 is 16.8 Å². The molecule has 0 aromatic heterocycles. The molecular formula is C6H11CuNO3S. The molecule has 6 heteroatoms. The van der Waals surface area contributed by atoms with Crippen LogP contribution in [0, 0.1) is 0 Å². The predicted octanol–water partition coefficient (Wildman–Crippen LogP) is -0.669. The average molecular weight is 241 g/mol. The number of aliphatic carboxylic acids is 1. The molecule has 1 radical (unpaired) electrons. The summed E-state index contributed by atoms with van der Waals surface area (Å²) in [5, 5.41) is 8.31. The van der Waals surface area contributed by atoms with E-state index in [0.29, 0.717) is 5.75 Å². The molecule has 4 nitrogen and oxygen atoms in total. The Kier molecular flexibility index (Phi) is 8.96. The summed E-state index contributed by atoms with van der Waals surface area (Å²) in [7, 11) is -1.19. The fourth-order valence-electron chi connectivity index (χ4n) is 0.471. The van der Waals surface area contributed by atoms with Crippen molar-refractivity contribution in [3.8, 4) is 0 Å². The van der Waals surface area contributed by atoms with Crippen LogP contribution in [0.3, 0.4) is 0 Å². The first kappa shape index (κ1) is 14.4. The van der Waals surface area contributed by atoms with Gasteiger partial charge in [-0.1, -0.05) is 6.08 Å². The number of carboxylic acid groups (broad SMARTS) is 1. The van der Waals surface area contributed by atoms with Crippen molar-refractivity contribution in [3.05, 3.63) is 12.7 Å². The van der Waals surface area contributed by atoms with Crippen LogP contribution in [-0.4, -0.2) is 32.8 Å². The Labute approximate surface area is 84.1 Å². The van der Waals surface area contributed by atoms with Crippen LogP contribution in [0.25, 0.3) is 0 Å². The van der Waals surface area contributed by atoms with Crippen LogP contribution in [0.1, 0.15) is 0 Å². The minimum absolute atomic E-state index is 0. The maximum Gasteiger partial charge on any atom is 0.321 e. The van der Waals surface area contributed by atoms with Crippen molar-refractivity contribution < 1.29 is 31.2 Å². The second kappa shape index (κ2) is 7.49. The number of hydrogen-bond acceptors (Lipinski definition) is 3. The molecule has 0 amide bonds. The van der Waals surface area contributed by atoms with E-state index in [9.17, 15) is 9.00 Å². The summed E-state index contributed by atoms with van der Waals surface area (Å²) in [6.07, 6.45) is 1.48. The van der Waals surface area contributed by atoms with Gasteiger partial charge in [0.2, 0.25) is 0 Å². The molecule has 0 aliphatic rings. The zero-order valence-electron chi connectivity index (χ0n) is 6.33. The van der Waals surface area contributed by atoms with Crippen molar-refractivity contribution in [1.29, 1.82) is 0 Å². The summed E-state index contributed by atoms with van der Waals surface area (Å²) in [4.78, 5) is 10.2. The molecule has 0 saturated heterocycles. The molecule has 0 aromatic carbocycles. The van der Waals surface area contributed by atoms with Crippen LogP contribution >= 0.6 is 0 Å². The van der Waals surface area contributed by atoms with Gasteiger partial charge in [-0.2, -0.15) is 0 Å². The van der Waals surface area contributed by atoms with Gasteiger partial charge < -0.3 is 10.8 Å². The number of carboxylic acids is 1. The van der Waals surface area contributed by atoms with Gasteiger partial charge in [-0.25, -0.2) is 0 Å². The van der Waals surface area contributed by atoms with E-state index in [0.717, 1.165) is 0 Å². The van der Waals surface area contributed by atoms with Crippen molar-refractivity contribution in [1.82, 2.24) is 0 Å². The summed E-state index contributed by atoms with van der Waals surface area (Å²) in [6.45, 7) is 3.37. The summed E-state index contributed by atoms with van der Waals surface area (Å²) in [5.74, 6) is -0.843. The van der Waals surface area contributed by atoms with E-state index in [1.807, 2.05) is 0 Å². The molecule has 3 N–H and O–H groups in total. The van der Waals surface area contributed by atoms with Crippen LogP contribution < -0.4 is 5.73 Å². The first-order valence-corrected chi connectivity index (χ1v) is 4.51. The molecule has 0 bridgehead atoms. The van der Waals surface area contributed by atoms with E-state index < -0.39 is 22.8 Å². The molecule has 0 aliphatic heterocycles. The maximum atomic E-state index is 10.9. The quantitative estimate of drug-likeness (QED) is 0.494. The van der Waals surface area contributed by atoms with E-state index in [1.165, 1.54) is 6.08 Å². The van der Waals surface area contributed by atoms with Gasteiger partial charge in [-0.3, -0.25) is 9.00 Å². The largest absolute Gasteiger partial charge is 0.480 e. The fourth-order valence-corrected chi connectivity index (χ4v) is 1.41. The van der Waals surface area contributed by atoms with Gasteiger partial charge in [0, 0.05) is 39.4 Å². The minimum Gasteiger partial charge on any atom is -0.480 e. The average Bonchev–Trinajstić information content (AvgIpc) is 1.87. The van der Waals surface area contributed by atoms with Crippen molar-refractivity contribution in [2.24, 2.45) is 5.73 Å². The van der Waals surface area contributed by atoms with Gasteiger partial charge in [0.1, 0.15) is 6.04 Å². The van der Waals surface area contributed by atoms with Crippen molar-refractivity contribution in [3.63, 3.8) is 0 Å². The van der Waals surface area contributed by atoms with Gasteiger partial charge in [-0.15, -0.1) is 6.58 Å². The third kappa shape index (κ3) is 6.54. The van der Waals surface area contributed by atoms with Crippen molar-refractivity contribution in [2.75, 3.05) is 11.5 Å². The Morgan fingerprint density at radius 2 is 2.25 bits per heavy atom. The molecule has 0 heterocycles. The van der Waals surface area contributed by atoms with Gasteiger partial charge in [0.05, 0.1) is 0 Å². The molecule has 0 saturated carbocycles. The summed E-state index contributed by atoms with van der Waals surface area (Å²) < 4.78 is 10.9. The molecule has 75 valence electrons. The molecule has 2 atom stereocenters. The zero-order valence-corrected chi connectivity index (χ0v) is 8.08. The van der Waals surface area contributed by atoms with E-state index >= 15 is 0 Å². The zero-order chi connectivity index (χ0) is 8.85. The van der Waals surface area contributed by atoms with Crippen LogP contribution in [0.5, 0.6) is 0 Å². The molecule has 0 rings (SSSR count). The smallest absolute Gasteiger partial charge is 0.321 e. The minimum atomic E-state index is -1.19. The Morgan fingerprint density at radius 1 is 1.75 bits per heavy atom. The van der Waals surface area contributed by atoms with Crippen LogP contribution in [0.2, 0.25) is 0 Å². The molecule has 12 heavy (non-hydrogen) atoms. The third-order valence-electron chi connectivity index (χ3n) is 0.986. The van der Waals surface area contributed by atoms with E-state index in [2.05, 4.69) is 6.58 Å². The second-order valence-electron chi connectivity index (χ2n) is 2.01. The maximum absolute atomic E-state index is 10.9. The first-order chi connectivity index (χ1) is 5.07. The Bertz CT molecular complexity index is 186. The number of carbonyl (C=O) groups is 1. The number of rotatable bonds is 5. The normalized spacial score (nSPS) is 14.1. The Hall–Kier alpha value is -0.161. The van der Waals surface area contributed by atoms with Crippen LogP contribution in [-0.2, 0) is 32.7 Å². The van der Waals surface area contributed by atoms with Gasteiger partial charge in [-0.05, 0) is 0 Å². The molecule has 1 unspecified atom stereocenters. The molecule has 0 aliphatic carbocycles. The summed E-state index contributed by atoms with van der Waals surface area (Å²) in [5.41, 5.74) is 5.12. The topological polar surface area (TPSA) is 80.4 Å². The second-order valence-corrected chi connectivity index (χ2v) is 3.55. The number of nitrogens with two attached hydrogens (primary N) is 1. The van der Waals surface area contributed by atoms with E-state index in [4.69, 9.17) is 10.8 Å². The number of hydrogen-bond donors (Lipinski definition) is 2. The summed E-state index contributed by atoms with van der Waals surface area (Å²) in [6, 6.07) is -1.03. The van der Waals surface area contributed by atoms with Crippen LogP contribution in [0.15, 0.2) is 12.7 Å². The van der Waals surface area contributed by atoms with Crippen LogP contribution in [0.4, 0.5) is 0 Å². The van der Waals surface area contributed by atoms with Gasteiger partial charge >= 0.3 is 5.97 Å². The van der Waals surface area contributed by atoms with Crippen molar-refractivity contribution in [2.45, 2.75) is 6.04 Å². The van der Waals surface area contributed by atoms with Gasteiger partial charge in [0.15, 0.2) is 0 Å². The fraction of sp³-hybridized carbons (Fsp3) is 0.500. The molecule has 0 fully saturated rings. The van der Waals surface area contributed by atoms with E-state index in [1.54, 1.807) is 0 Å². The SMILES string of the molecule is C=CCS(=O)C[C@H](N)C(=O)O.[Cu]. The standard InChI is InChI=1S/C6H11NO3S.Cu/c1-2-3-11(10)4-5(7)6(8)9;/h2,5H,1,3-4,7H2,(H,8,9);/t5-,11?;/m0./s1. The third-order valence-corrected chi connectivity index (χ3v) is 2.32. The first-order valence-electron chi connectivity index (χ1n) is 3.02. The van der Waals surface area contributed by atoms with Gasteiger partial charge in [0.25, 0.3) is 0 Å². The predicted molar refractivity (Wildman–Crippen MR) is 43.7 cm³/mol. The monoisotopic (exact) mass is 240 g/mol. The summed E-state index contributed by atoms with van der Waals surface area (Å²) >= 11 is 0. The molecular weight excluding hydrogens is 230 g/mol. The Morgan fingerprint density at radius 3 is 2.58 bits per heavy atom. The Balaban J connectivity index is 0.